The van der Waals surface area contributed by atoms with Crippen molar-refractivity contribution in [3.05, 3.63) is 30.1 Å². The number of carbonyl (C=O) groups excluding carboxylic acids is 1. The van der Waals surface area contributed by atoms with Crippen molar-refractivity contribution in [1.29, 1.82) is 0 Å². The van der Waals surface area contributed by atoms with Gasteiger partial charge in [0.25, 0.3) is 0 Å². The molecule has 0 fully saturated rings. The van der Waals surface area contributed by atoms with Crippen LogP contribution in [0, 0.1) is 0 Å². The van der Waals surface area contributed by atoms with Gasteiger partial charge in [-0.2, -0.15) is 10.2 Å². The zero-order valence-electron chi connectivity index (χ0n) is 9.31. The van der Waals surface area contributed by atoms with Crippen molar-refractivity contribution in [2.24, 2.45) is 0 Å². The second-order valence-electron chi connectivity index (χ2n) is 4.04. The predicted octanol–water partition coefficient (Wildman–Crippen LogP) is 1.55. The smallest absolute Gasteiger partial charge is 0.217 e. The number of nitrogens with one attached hydrogen (secondary N) is 1. The van der Waals surface area contributed by atoms with Crippen molar-refractivity contribution in [3.63, 3.8) is 0 Å². The van der Waals surface area contributed by atoms with Gasteiger partial charge < -0.3 is 5.32 Å². The van der Waals surface area contributed by atoms with E-state index in [9.17, 15) is 4.79 Å². The molecule has 1 aliphatic rings. The molecule has 1 aliphatic carbocycles. The molecular weight excluding hydrogens is 202 g/mol. The van der Waals surface area contributed by atoms with Gasteiger partial charge in [-0.1, -0.05) is 6.08 Å². The summed E-state index contributed by atoms with van der Waals surface area (Å²) in [7, 11) is 0. The highest BCUT2D eigenvalue weighted by Gasteiger charge is 2.17. The van der Waals surface area contributed by atoms with Gasteiger partial charge in [0.2, 0.25) is 5.91 Å². The molecule has 1 unspecified atom stereocenters. The highest BCUT2D eigenvalue weighted by Crippen LogP contribution is 2.26. The van der Waals surface area contributed by atoms with Gasteiger partial charge >= 0.3 is 0 Å². The molecular formula is C12H15N3O. The quantitative estimate of drug-likeness (QED) is 0.817. The monoisotopic (exact) mass is 217 g/mol. The first kappa shape index (κ1) is 10.8. The van der Waals surface area contributed by atoms with Crippen LogP contribution in [0.25, 0.3) is 5.57 Å². The molecule has 0 radical (unpaired) electrons. The third kappa shape index (κ3) is 2.66. The fraction of sp³-hybridized carbons (Fsp3) is 0.417. The van der Waals surface area contributed by atoms with Crippen molar-refractivity contribution in [3.8, 4) is 0 Å². The Labute approximate surface area is 94.8 Å². The summed E-state index contributed by atoms with van der Waals surface area (Å²) >= 11 is 0. The molecule has 1 aromatic heterocycles. The minimum Gasteiger partial charge on any atom is -0.353 e. The largest absolute Gasteiger partial charge is 0.353 e. The third-order valence-corrected chi connectivity index (χ3v) is 2.73. The number of nitrogens with zero attached hydrogens (tertiary/aromatic N) is 2. The molecule has 0 saturated heterocycles. The number of carbonyl (C=O) groups is 1. The molecule has 0 aliphatic heterocycles. The maximum atomic E-state index is 11.0. The van der Waals surface area contributed by atoms with Crippen LogP contribution in [0.4, 0.5) is 0 Å². The minimum absolute atomic E-state index is 0.0408. The third-order valence-electron chi connectivity index (χ3n) is 2.73. The van der Waals surface area contributed by atoms with Crippen LogP contribution in [-0.2, 0) is 4.79 Å². The average molecular weight is 217 g/mol. The minimum atomic E-state index is 0.0408. The highest BCUT2D eigenvalue weighted by atomic mass is 16.1. The fourth-order valence-corrected chi connectivity index (χ4v) is 2.04. The lowest BCUT2D eigenvalue weighted by Crippen LogP contribution is -2.34. The molecule has 2 rings (SSSR count). The molecule has 4 nitrogen and oxygen atoms in total. The van der Waals surface area contributed by atoms with E-state index in [1.54, 1.807) is 19.3 Å². The molecule has 84 valence electrons. The number of allylic oxidation sites excluding steroid dienone is 1. The molecule has 1 heterocycles. The van der Waals surface area contributed by atoms with Gasteiger partial charge in [-0.3, -0.25) is 4.79 Å². The van der Waals surface area contributed by atoms with E-state index >= 15 is 0 Å². The van der Waals surface area contributed by atoms with Crippen molar-refractivity contribution < 1.29 is 4.79 Å². The molecule has 1 amide bonds. The van der Waals surface area contributed by atoms with Crippen LogP contribution in [0.2, 0.25) is 0 Å². The number of hydrogen-bond donors (Lipinski definition) is 1. The Kier molecular flexibility index (Phi) is 3.29. The van der Waals surface area contributed by atoms with Gasteiger partial charge in [-0.25, -0.2) is 0 Å². The molecule has 0 saturated carbocycles. The van der Waals surface area contributed by atoms with E-state index in [1.165, 1.54) is 5.57 Å². The van der Waals surface area contributed by atoms with Crippen LogP contribution in [0.5, 0.6) is 0 Å². The van der Waals surface area contributed by atoms with Gasteiger partial charge in [-0.15, -0.1) is 0 Å². The molecule has 1 atom stereocenters. The van der Waals surface area contributed by atoms with E-state index in [2.05, 4.69) is 21.6 Å². The first-order valence-electron chi connectivity index (χ1n) is 5.49. The fourth-order valence-electron chi connectivity index (χ4n) is 2.04. The molecule has 0 aromatic carbocycles. The Bertz CT molecular complexity index is 400. The lowest BCUT2D eigenvalue weighted by molar-refractivity contribution is -0.119. The summed E-state index contributed by atoms with van der Waals surface area (Å²) in [6, 6.07) is 2.21. The Morgan fingerprint density at radius 3 is 3.06 bits per heavy atom. The van der Waals surface area contributed by atoms with Crippen molar-refractivity contribution in [1.82, 2.24) is 15.5 Å². The van der Waals surface area contributed by atoms with Gasteiger partial charge in [-0.05, 0) is 36.5 Å². The number of amides is 1. The molecule has 0 spiro atoms. The second-order valence-corrected chi connectivity index (χ2v) is 4.04. The predicted molar refractivity (Wildman–Crippen MR) is 61.5 cm³/mol. The normalized spacial score (nSPS) is 20.1. The summed E-state index contributed by atoms with van der Waals surface area (Å²) in [6.45, 7) is 1.56. The van der Waals surface area contributed by atoms with Crippen LogP contribution in [0.3, 0.4) is 0 Å². The van der Waals surface area contributed by atoms with Crippen LogP contribution < -0.4 is 5.32 Å². The van der Waals surface area contributed by atoms with Gasteiger partial charge in [0.05, 0.1) is 12.4 Å². The second kappa shape index (κ2) is 4.88. The topological polar surface area (TPSA) is 54.9 Å². The Morgan fingerprint density at radius 1 is 1.50 bits per heavy atom. The molecule has 1 aromatic rings. The first-order chi connectivity index (χ1) is 7.75. The molecule has 4 heteroatoms. The summed E-state index contributed by atoms with van der Waals surface area (Å²) in [4.78, 5) is 11.0. The summed E-state index contributed by atoms with van der Waals surface area (Å²) in [5.74, 6) is 0.0408. The summed E-state index contributed by atoms with van der Waals surface area (Å²) in [5.41, 5.74) is 2.35. The van der Waals surface area contributed by atoms with E-state index < -0.39 is 0 Å². The highest BCUT2D eigenvalue weighted by molar-refractivity contribution is 5.74. The first-order valence-corrected chi connectivity index (χ1v) is 5.49. The summed E-state index contributed by atoms with van der Waals surface area (Å²) in [6.07, 6.45) is 8.57. The maximum Gasteiger partial charge on any atom is 0.217 e. The maximum absolute atomic E-state index is 11.0. The SMILES string of the molecule is CC(=O)NC1CCC=C(c2ccnnc2)C1. The number of aromatic nitrogens is 2. The molecule has 0 bridgehead atoms. The summed E-state index contributed by atoms with van der Waals surface area (Å²) in [5, 5.41) is 10.6. The van der Waals surface area contributed by atoms with Crippen LogP contribution in [0.1, 0.15) is 31.7 Å². The van der Waals surface area contributed by atoms with Gasteiger partial charge in [0.1, 0.15) is 0 Å². The number of rotatable bonds is 2. The Morgan fingerprint density at radius 2 is 2.38 bits per heavy atom. The van der Waals surface area contributed by atoms with Crippen molar-refractivity contribution >= 4 is 11.5 Å². The van der Waals surface area contributed by atoms with Crippen LogP contribution >= 0.6 is 0 Å². The van der Waals surface area contributed by atoms with E-state index in [4.69, 9.17) is 0 Å². The lowest BCUT2D eigenvalue weighted by atomic mass is 9.91. The average Bonchev–Trinajstić information content (AvgIpc) is 2.30. The standard InChI is InChI=1S/C12H15N3O/c1-9(16)15-12-4-2-3-10(7-12)11-5-6-13-14-8-11/h3,5-6,8,12H,2,4,7H2,1H3,(H,15,16). The number of hydrogen-bond acceptors (Lipinski definition) is 3. The Balaban J connectivity index is 2.07. The molecule has 1 N–H and O–H groups in total. The van der Waals surface area contributed by atoms with Gasteiger partial charge in [0, 0.05) is 13.0 Å². The van der Waals surface area contributed by atoms with E-state index in [-0.39, 0.29) is 11.9 Å². The van der Waals surface area contributed by atoms with E-state index in [0.717, 1.165) is 24.8 Å². The van der Waals surface area contributed by atoms with E-state index in [0.29, 0.717) is 0 Å². The van der Waals surface area contributed by atoms with Crippen molar-refractivity contribution in [2.75, 3.05) is 0 Å². The van der Waals surface area contributed by atoms with Gasteiger partial charge in [0.15, 0.2) is 0 Å². The van der Waals surface area contributed by atoms with Crippen molar-refractivity contribution in [2.45, 2.75) is 32.2 Å². The zero-order valence-corrected chi connectivity index (χ0v) is 9.31. The van der Waals surface area contributed by atoms with E-state index in [1.807, 2.05) is 6.07 Å². The lowest BCUT2D eigenvalue weighted by Gasteiger charge is -2.23. The zero-order chi connectivity index (χ0) is 11.4. The Hall–Kier alpha value is -1.71. The van der Waals surface area contributed by atoms with Crippen LogP contribution in [0.15, 0.2) is 24.5 Å². The van der Waals surface area contributed by atoms with Crippen LogP contribution in [-0.4, -0.2) is 22.1 Å². The summed E-state index contributed by atoms with van der Waals surface area (Å²) < 4.78 is 0. The molecule has 16 heavy (non-hydrogen) atoms.